The molecule has 1 fully saturated rings. The van der Waals surface area contributed by atoms with Crippen molar-refractivity contribution in [3.05, 3.63) is 29.8 Å². The molecule has 0 radical (unpaired) electrons. The van der Waals surface area contributed by atoms with Gasteiger partial charge in [0.05, 0.1) is 17.3 Å². The van der Waals surface area contributed by atoms with E-state index in [0.717, 1.165) is 11.1 Å². The van der Waals surface area contributed by atoms with Crippen molar-refractivity contribution in [2.45, 2.75) is 38.9 Å². The maximum atomic E-state index is 13.1. The van der Waals surface area contributed by atoms with Gasteiger partial charge in [-0.2, -0.15) is 13.2 Å². The fourth-order valence-corrected chi connectivity index (χ4v) is 2.74. The van der Waals surface area contributed by atoms with Gasteiger partial charge in [0.15, 0.2) is 0 Å². The summed E-state index contributed by atoms with van der Waals surface area (Å²) in [5, 5.41) is 4.61. The number of nitrogens with two attached hydrogens (primary N) is 1. The van der Waals surface area contributed by atoms with Crippen LogP contribution in [0.3, 0.4) is 0 Å². The average molecular weight is 372 g/mol. The van der Waals surface area contributed by atoms with Crippen molar-refractivity contribution in [2.24, 2.45) is 11.7 Å². The number of hydrazine groups is 1. The van der Waals surface area contributed by atoms with Crippen molar-refractivity contribution < 1.29 is 22.8 Å². The minimum absolute atomic E-state index is 0.0704. The molecule has 6 nitrogen and oxygen atoms in total. The molecule has 1 aliphatic heterocycles. The summed E-state index contributed by atoms with van der Waals surface area (Å²) in [6.07, 6.45) is -3.36. The Kier molecular flexibility index (Phi) is 6.12. The summed E-state index contributed by atoms with van der Waals surface area (Å²) < 4.78 is 39.2. The van der Waals surface area contributed by atoms with Gasteiger partial charge in [-0.05, 0) is 24.5 Å². The molecule has 1 aromatic carbocycles. The van der Waals surface area contributed by atoms with Crippen LogP contribution in [0.15, 0.2) is 24.3 Å². The smallest absolute Gasteiger partial charge is 0.320 e. The molecule has 1 aliphatic rings. The summed E-state index contributed by atoms with van der Waals surface area (Å²) >= 11 is 0. The molecular weight excluding hydrogens is 349 g/mol. The van der Waals surface area contributed by atoms with Crippen molar-refractivity contribution in [3.8, 4) is 0 Å². The first-order valence-corrected chi connectivity index (χ1v) is 8.48. The molecule has 0 bridgehead atoms. The Labute approximate surface area is 150 Å². The lowest BCUT2D eigenvalue weighted by Crippen LogP contribution is -2.53. The highest BCUT2D eigenvalue weighted by Gasteiger charge is 2.37. The number of rotatable bonds is 4. The van der Waals surface area contributed by atoms with Gasteiger partial charge in [0.25, 0.3) is 5.91 Å². The second-order valence-corrected chi connectivity index (χ2v) is 6.32. The number of carbonyl (C=O) groups is 2. The molecule has 3 N–H and O–H groups in total. The zero-order valence-corrected chi connectivity index (χ0v) is 14.7. The Hall–Kier alpha value is -2.29. The molecule has 3 amide bonds. The monoisotopic (exact) mass is 372 g/mol. The molecule has 1 saturated heterocycles. The fraction of sp³-hybridized carbons (Fsp3) is 0.529. The number of para-hydroxylation sites is 1. The second-order valence-electron chi connectivity index (χ2n) is 6.32. The largest absolute Gasteiger partial charge is 0.418 e. The lowest BCUT2D eigenvalue weighted by molar-refractivity contribution is -0.142. The van der Waals surface area contributed by atoms with E-state index < -0.39 is 29.7 Å². The number of hydrogen-bond acceptors (Lipinski definition) is 3. The van der Waals surface area contributed by atoms with Crippen LogP contribution in [0, 0.1) is 5.92 Å². The van der Waals surface area contributed by atoms with Crippen molar-refractivity contribution in [2.75, 3.05) is 18.4 Å². The third-order valence-corrected chi connectivity index (χ3v) is 4.54. The van der Waals surface area contributed by atoms with Crippen LogP contribution in [0.2, 0.25) is 0 Å². The van der Waals surface area contributed by atoms with E-state index in [2.05, 4.69) is 5.32 Å². The van der Waals surface area contributed by atoms with Crippen molar-refractivity contribution in [1.82, 2.24) is 10.0 Å². The number of halogens is 3. The number of carbonyl (C=O) groups excluding carboxylic acids is 2. The normalized spacial score (nSPS) is 17.2. The maximum Gasteiger partial charge on any atom is 0.418 e. The molecule has 144 valence electrons. The zero-order chi connectivity index (χ0) is 19.5. The topological polar surface area (TPSA) is 78.7 Å². The van der Waals surface area contributed by atoms with Gasteiger partial charge in [-0.1, -0.05) is 32.4 Å². The SMILES string of the molecule is CCC(C)[C@H](N)C(=O)N1CCCN1C(=O)Nc1ccccc1C(F)(F)F. The summed E-state index contributed by atoms with van der Waals surface area (Å²) in [6, 6.07) is 3.15. The van der Waals surface area contributed by atoms with Gasteiger partial charge in [-0.3, -0.25) is 4.79 Å². The number of benzene rings is 1. The summed E-state index contributed by atoms with van der Waals surface area (Å²) in [4.78, 5) is 25.0. The molecule has 2 atom stereocenters. The van der Waals surface area contributed by atoms with E-state index in [9.17, 15) is 22.8 Å². The average Bonchev–Trinajstić information content (AvgIpc) is 3.09. The predicted octanol–water partition coefficient (Wildman–Crippen LogP) is 3.06. The number of amides is 3. The highest BCUT2D eigenvalue weighted by atomic mass is 19.4. The van der Waals surface area contributed by atoms with Crippen LogP contribution in [0.25, 0.3) is 0 Å². The molecule has 0 saturated carbocycles. The summed E-state index contributed by atoms with van der Waals surface area (Å²) in [7, 11) is 0. The van der Waals surface area contributed by atoms with Gasteiger partial charge < -0.3 is 11.1 Å². The number of alkyl halides is 3. The maximum absolute atomic E-state index is 13.1. The fourth-order valence-electron chi connectivity index (χ4n) is 2.74. The van der Waals surface area contributed by atoms with Gasteiger partial charge in [-0.25, -0.2) is 14.8 Å². The summed E-state index contributed by atoms with van der Waals surface area (Å²) in [5.41, 5.74) is 4.65. The number of hydrogen-bond donors (Lipinski definition) is 2. The Morgan fingerprint density at radius 3 is 2.46 bits per heavy atom. The molecule has 0 aliphatic carbocycles. The van der Waals surface area contributed by atoms with Crippen LogP contribution in [0.4, 0.5) is 23.7 Å². The van der Waals surface area contributed by atoms with Crippen LogP contribution in [-0.2, 0) is 11.0 Å². The number of urea groups is 1. The molecule has 9 heteroatoms. The lowest BCUT2D eigenvalue weighted by atomic mass is 9.99. The Balaban J connectivity index is 2.16. The minimum atomic E-state index is -4.59. The minimum Gasteiger partial charge on any atom is -0.320 e. The van der Waals surface area contributed by atoms with Gasteiger partial charge >= 0.3 is 12.2 Å². The van der Waals surface area contributed by atoms with E-state index in [1.165, 1.54) is 23.2 Å². The van der Waals surface area contributed by atoms with E-state index in [4.69, 9.17) is 5.73 Å². The quantitative estimate of drug-likeness (QED) is 0.853. The lowest BCUT2D eigenvalue weighted by Gasteiger charge is -2.31. The van der Waals surface area contributed by atoms with Gasteiger partial charge in [-0.15, -0.1) is 0 Å². The van der Waals surface area contributed by atoms with Crippen LogP contribution in [0.1, 0.15) is 32.3 Å². The molecule has 1 aromatic rings. The first kappa shape index (κ1) is 20.0. The molecule has 0 spiro atoms. The van der Waals surface area contributed by atoms with Crippen molar-refractivity contribution >= 4 is 17.6 Å². The molecule has 1 heterocycles. The van der Waals surface area contributed by atoms with Crippen LogP contribution >= 0.6 is 0 Å². The van der Waals surface area contributed by atoms with Crippen molar-refractivity contribution in [3.63, 3.8) is 0 Å². The summed E-state index contributed by atoms with van der Waals surface area (Å²) in [5.74, 6) is -0.477. The molecule has 26 heavy (non-hydrogen) atoms. The van der Waals surface area contributed by atoms with E-state index in [-0.39, 0.29) is 18.2 Å². The van der Waals surface area contributed by atoms with Crippen LogP contribution in [0.5, 0.6) is 0 Å². The van der Waals surface area contributed by atoms with E-state index in [1.54, 1.807) is 0 Å². The Bertz CT molecular complexity index is 666. The number of anilines is 1. The van der Waals surface area contributed by atoms with Gasteiger partial charge in [0, 0.05) is 13.1 Å². The zero-order valence-electron chi connectivity index (χ0n) is 14.7. The first-order chi connectivity index (χ1) is 12.2. The second kappa shape index (κ2) is 7.94. The number of nitrogens with zero attached hydrogens (tertiary/aromatic N) is 2. The Morgan fingerprint density at radius 1 is 1.23 bits per heavy atom. The standard InChI is InChI=1S/C17H23F3N4O2/c1-3-11(2)14(21)15(25)23-9-6-10-24(23)16(26)22-13-8-5-4-7-12(13)17(18,19)20/h4-5,7-8,11,14H,3,6,9-10,21H2,1-2H3,(H,22,26)/t11?,14-/m0/s1. The van der Waals surface area contributed by atoms with E-state index in [0.29, 0.717) is 19.4 Å². The summed E-state index contributed by atoms with van der Waals surface area (Å²) in [6.45, 7) is 4.28. The molecular formula is C17H23F3N4O2. The molecule has 0 aromatic heterocycles. The molecule has 2 rings (SSSR count). The highest BCUT2D eigenvalue weighted by molar-refractivity contribution is 5.93. The van der Waals surface area contributed by atoms with Gasteiger partial charge in [0.2, 0.25) is 0 Å². The third-order valence-electron chi connectivity index (χ3n) is 4.54. The van der Waals surface area contributed by atoms with E-state index in [1.807, 2.05) is 13.8 Å². The predicted molar refractivity (Wildman–Crippen MR) is 90.9 cm³/mol. The third kappa shape index (κ3) is 4.27. The van der Waals surface area contributed by atoms with E-state index >= 15 is 0 Å². The van der Waals surface area contributed by atoms with Crippen LogP contribution in [-0.4, -0.2) is 41.1 Å². The van der Waals surface area contributed by atoms with Gasteiger partial charge in [0.1, 0.15) is 0 Å². The first-order valence-electron chi connectivity index (χ1n) is 8.48. The number of nitrogens with one attached hydrogen (secondary N) is 1. The molecule has 1 unspecified atom stereocenters. The highest BCUT2D eigenvalue weighted by Crippen LogP contribution is 2.34. The Morgan fingerprint density at radius 2 is 1.85 bits per heavy atom. The van der Waals surface area contributed by atoms with Crippen molar-refractivity contribution in [1.29, 1.82) is 0 Å². The van der Waals surface area contributed by atoms with Crippen LogP contribution < -0.4 is 11.1 Å².